The lowest BCUT2D eigenvalue weighted by Crippen LogP contribution is -2.09. The molecule has 0 aliphatic rings. The molecule has 0 saturated heterocycles. The molecular weight excluding hydrogens is 320 g/mol. The Hall–Kier alpha value is -2.12. The van der Waals surface area contributed by atoms with Crippen molar-refractivity contribution < 1.29 is 35.1 Å². The van der Waals surface area contributed by atoms with Crippen molar-refractivity contribution >= 4 is 0 Å². The quantitative estimate of drug-likeness (QED) is 0.389. The Kier molecular flexibility index (Phi) is 3.88. The minimum Gasteiger partial charge on any atom is -0.206 e. The molecule has 0 nitrogen and oxygen atoms in total. The summed E-state index contributed by atoms with van der Waals surface area (Å²) in [5, 5.41) is 0. The van der Waals surface area contributed by atoms with Gasteiger partial charge in [-0.3, -0.25) is 0 Å². The molecule has 0 spiro atoms. The van der Waals surface area contributed by atoms with Crippen molar-refractivity contribution in [3.63, 3.8) is 0 Å². The van der Waals surface area contributed by atoms with E-state index in [9.17, 15) is 35.1 Å². The lowest BCUT2D eigenvalue weighted by Gasteiger charge is -2.14. The molecule has 22 heavy (non-hydrogen) atoms. The zero-order valence-corrected chi connectivity index (χ0v) is 11.0. The Morgan fingerprint density at radius 2 is 0.636 bits per heavy atom. The number of halogens is 8. The van der Waals surface area contributed by atoms with E-state index < -0.39 is 68.8 Å². The van der Waals surface area contributed by atoms with Crippen LogP contribution in [0.1, 0.15) is 11.1 Å². The molecular formula is C14H6F8. The second-order valence-electron chi connectivity index (χ2n) is 4.51. The third-order valence-corrected chi connectivity index (χ3v) is 3.22. The second-order valence-corrected chi connectivity index (χ2v) is 4.51. The molecule has 2 rings (SSSR count). The van der Waals surface area contributed by atoms with Gasteiger partial charge in [0, 0.05) is 11.1 Å². The molecule has 0 aromatic heterocycles. The van der Waals surface area contributed by atoms with Gasteiger partial charge in [-0.05, 0) is 13.8 Å². The fourth-order valence-corrected chi connectivity index (χ4v) is 1.94. The topological polar surface area (TPSA) is 0 Å². The van der Waals surface area contributed by atoms with Gasteiger partial charge in [0.2, 0.25) is 0 Å². The SMILES string of the molecule is Cc1c(F)c(F)c(F)c(-c2c(F)c(C)c(F)c(F)c2F)c1F. The van der Waals surface area contributed by atoms with Crippen LogP contribution in [-0.4, -0.2) is 0 Å². The van der Waals surface area contributed by atoms with E-state index in [1.165, 1.54) is 0 Å². The highest BCUT2D eigenvalue weighted by Gasteiger charge is 2.31. The maximum absolute atomic E-state index is 13.9. The van der Waals surface area contributed by atoms with Gasteiger partial charge in [-0.2, -0.15) is 0 Å². The Balaban J connectivity index is 3.03. The van der Waals surface area contributed by atoms with Gasteiger partial charge in [0.1, 0.15) is 11.6 Å². The van der Waals surface area contributed by atoms with Gasteiger partial charge in [0.25, 0.3) is 0 Å². The molecule has 118 valence electrons. The molecule has 8 heteroatoms. The van der Waals surface area contributed by atoms with Crippen molar-refractivity contribution in [3.8, 4) is 11.1 Å². The molecule has 0 N–H and O–H groups in total. The van der Waals surface area contributed by atoms with Gasteiger partial charge in [-0.25, -0.2) is 35.1 Å². The number of benzene rings is 2. The molecule has 0 aliphatic carbocycles. The van der Waals surface area contributed by atoms with E-state index in [1.54, 1.807) is 0 Å². The predicted octanol–water partition coefficient (Wildman–Crippen LogP) is 5.08. The third-order valence-electron chi connectivity index (χ3n) is 3.22. The first-order valence-electron chi connectivity index (χ1n) is 5.76. The monoisotopic (exact) mass is 326 g/mol. The van der Waals surface area contributed by atoms with Crippen LogP contribution in [0.2, 0.25) is 0 Å². The lowest BCUT2D eigenvalue weighted by molar-refractivity contribution is 0.420. The minimum atomic E-state index is -2.25. The summed E-state index contributed by atoms with van der Waals surface area (Å²) >= 11 is 0. The van der Waals surface area contributed by atoms with Crippen LogP contribution in [0.25, 0.3) is 11.1 Å². The van der Waals surface area contributed by atoms with E-state index >= 15 is 0 Å². The first-order chi connectivity index (χ1) is 10.1. The van der Waals surface area contributed by atoms with E-state index in [2.05, 4.69) is 0 Å². The van der Waals surface area contributed by atoms with E-state index in [1.807, 2.05) is 0 Å². The summed E-state index contributed by atoms with van der Waals surface area (Å²) in [5.74, 6) is -16.3. The largest absolute Gasteiger partial charge is 0.206 e. The lowest BCUT2D eigenvalue weighted by atomic mass is 9.97. The molecule has 0 fully saturated rings. The normalized spacial score (nSPS) is 11.2. The minimum absolute atomic E-state index is 0.694. The average molecular weight is 326 g/mol. The first-order valence-corrected chi connectivity index (χ1v) is 5.76. The summed E-state index contributed by atoms with van der Waals surface area (Å²) in [6.45, 7) is 1.39. The van der Waals surface area contributed by atoms with Gasteiger partial charge in [-0.1, -0.05) is 0 Å². The molecule has 0 atom stereocenters. The highest BCUT2D eigenvalue weighted by molar-refractivity contribution is 5.68. The van der Waals surface area contributed by atoms with Crippen LogP contribution in [0.4, 0.5) is 35.1 Å². The van der Waals surface area contributed by atoms with Crippen LogP contribution in [0.5, 0.6) is 0 Å². The maximum atomic E-state index is 13.9. The fourth-order valence-electron chi connectivity index (χ4n) is 1.94. The molecule has 2 aromatic rings. The predicted molar refractivity (Wildman–Crippen MR) is 61.0 cm³/mol. The van der Waals surface area contributed by atoms with E-state index in [4.69, 9.17) is 0 Å². The van der Waals surface area contributed by atoms with Crippen LogP contribution >= 0.6 is 0 Å². The number of hydrogen-bond acceptors (Lipinski definition) is 0. The zero-order chi connectivity index (χ0) is 16.9. The Morgan fingerprint density at radius 3 is 0.909 bits per heavy atom. The van der Waals surface area contributed by atoms with Crippen molar-refractivity contribution in [1.82, 2.24) is 0 Å². The summed E-state index contributed by atoms with van der Waals surface area (Å²) < 4.78 is 108. The van der Waals surface area contributed by atoms with Crippen LogP contribution in [-0.2, 0) is 0 Å². The second kappa shape index (κ2) is 5.26. The molecule has 0 heterocycles. The maximum Gasteiger partial charge on any atom is 0.195 e. The van der Waals surface area contributed by atoms with Crippen molar-refractivity contribution in [3.05, 3.63) is 57.7 Å². The highest BCUT2D eigenvalue weighted by atomic mass is 19.2. The van der Waals surface area contributed by atoms with E-state index in [0.717, 1.165) is 0 Å². The molecule has 2 aromatic carbocycles. The van der Waals surface area contributed by atoms with E-state index in [-0.39, 0.29) is 0 Å². The van der Waals surface area contributed by atoms with Crippen molar-refractivity contribution in [2.24, 2.45) is 0 Å². The molecule has 0 unspecified atom stereocenters. The van der Waals surface area contributed by atoms with Crippen LogP contribution in [0.15, 0.2) is 0 Å². The summed E-state index contributed by atoms with van der Waals surface area (Å²) in [7, 11) is 0. The summed E-state index contributed by atoms with van der Waals surface area (Å²) in [5.41, 5.74) is -5.41. The van der Waals surface area contributed by atoms with E-state index in [0.29, 0.717) is 13.8 Å². The van der Waals surface area contributed by atoms with Gasteiger partial charge in [0.05, 0.1) is 11.1 Å². The third kappa shape index (κ3) is 2.05. The summed E-state index contributed by atoms with van der Waals surface area (Å²) in [6.07, 6.45) is 0. The van der Waals surface area contributed by atoms with Crippen LogP contribution < -0.4 is 0 Å². The number of hydrogen-bond donors (Lipinski definition) is 0. The molecule has 0 bridgehead atoms. The highest BCUT2D eigenvalue weighted by Crippen LogP contribution is 2.37. The Labute approximate surface area is 119 Å². The van der Waals surface area contributed by atoms with Crippen molar-refractivity contribution in [1.29, 1.82) is 0 Å². The van der Waals surface area contributed by atoms with Crippen molar-refractivity contribution in [2.75, 3.05) is 0 Å². The average Bonchev–Trinajstić information content (AvgIpc) is 2.50. The fraction of sp³-hybridized carbons (Fsp3) is 0.143. The molecule has 0 radical (unpaired) electrons. The van der Waals surface area contributed by atoms with Crippen LogP contribution in [0.3, 0.4) is 0 Å². The Morgan fingerprint density at radius 1 is 0.364 bits per heavy atom. The van der Waals surface area contributed by atoms with Gasteiger partial charge < -0.3 is 0 Å². The summed E-state index contributed by atoms with van der Waals surface area (Å²) in [6, 6.07) is 0. The van der Waals surface area contributed by atoms with Gasteiger partial charge >= 0.3 is 0 Å². The van der Waals surface area contributed by atoms with Crippen molar-refractivity contribution in [2.45, 2.75) is 13.8 Å². The molecule has 0 aliphatic heterocycles. The first kappa shape index (κ1) is 16.3. The van der Waals surface area contributed by atoms with Gasteiger partial charge in [0.15, 0.2) is 34.9 Å². The number of rotatable bonds is 1. The standard InChI is InChI=1S/C14H6F8/c1-3-7(15)5(11(19)13(21)9(3)17)6-8(16)4(2)10(18)14(22)12(6)20/h1-2H3. The van der Waals surface area contributed by atoms with Gasteiger partial charge in [-0.15, -0.1) is 0 Å². The summed E-state index contributed by atoms with van der Waals surface area (Å²) in [4.78, 5) is 0. The molecule has 0 amide bonds. The smallest absolute Gasteiger partial charge is 0.195 e. The Bertz CT molecular complexity index is 669. The van der Waals surface area contributed by atoms with Crippen LogP contribution in [0, 0.1) is 60.4 Å². The molecule has 0 saturated carbocycles. The zero-order valence-electron chi connectivity index (χ0n) is 11.0.